The van der Waals surface area contributed by atoms with E-state index < -0.39 is 0 Å². The molecule has 0 saturated heterocycles. The smallest absolute Gasteiger partial charge is 0.205 e. The lowest BCUT2D eigenvalue weighted by Crippen LogP contribution is -2.10. The number of hydrogen-bond acceptors (Lipinski definition) is 3. The molecule has 5 heteroatoms. The van der Waals surface area contributed by atoms with Crippen LogP contribution in [-0.2, 0) is 0 Å². The minimum atomic E-state index is 0.600. The average Bonchev–Trinajstić information content (AvgIpc) is 3.65. The summed E-state index contributed by atoms with van der Waals surface area (Å²) < 4.78 is 13.1. The number of halogens is 2. The summed E-state index contributed by atoms with van der Waals surface area (Å²) in [7, 11) is 0. The predicted octanol–water partition coefficient (Wildman–Crippen LogP) is 12.2. The van der Waals surface area contributed by atoms with Crippen LogP contribution >= 0.6 is 23.2 Å². The third kappa shape index (κ3) is 3.89. The summed E-state index contributed by atoms with van der Waals surface area (Å²) >= 11 is 13.0. The zero-order valence-electron chi connectivity index (χ0n) is 22.6. The Kier molecular flexibility index (Phi) is 5.78. The van der Waals surface area contributed by atoms with Crippen LogP contribution in [0.1, 0.15) is 5.56 Å². The van der Waals surface area contributed by atoms with Gasteiger partial charge in [-0.15, -0.1) is 0 Å². The predicted molar refractivity (Wildman–Crippen MR) is 176 cm³/mol. The number of para-hydroxylation sites is 1. The summed E-state index contributed by atoms with van der Waals surface area (Å²) in [6.45, 7) is 1.91. The summed E-state index contributed by atoms with van der Waals surface area (Å²) in [5.74, 6) is 1.34. The maximum Gasteiger partial charge on any atom is 0.205 e. The van der Waals surface area contributed by atoms with E-state index in [1.807, 2.05) is 43.3 Å². The van der Waals surface area contributed by atoms with Crippen LogP contribution in [0.5, 0.6) is 0 Å². The molecule has 0 radical (unpaired) electrons. The summed E-state index contributed by atoms with van der Waals surface area (Å²) in [6, 6.07) is 41.3. The van der Waals surface area contributed by atoms with E-state index in [1.165, 1.54) is 0 Å². The van der Waals surface area contributed by atoms with Gasteiger partial charge in [-0.25, -0.2) is 0 Å². The largest absolute Gasteiger partial charge is 0.456 e. The van der Waals surface area contributed by atoms with Gasteiger partial charge in [0, 0.05) is 49.3 Å². The quantitative estimate of drug-likeness (QED) is 0.206. The molecule has 0 fully saturated rings. The molecule has 0 bridgehead atoms. The maximum atomic E-state index is 6.64. The molecule has 2 heterocycles. The first-order valence-corrected chi connectivity index (χ1v) is 14.5. The van der Waals surface area contributed by atoms with Crippen LogP contribution in [0.25, 0.3) is 54.8 Å². The monoisotopic (exact) mass is 583 g/mol. The van der Waals surface area contributed by atoms with Crippen LogP contribution in [0, 0.1) is 6.92 Å². The third-order valence-electron chi connectivity index (χ3n) is 7.99. The van der Waals surface area contributed by atoms with Crippen molar-refractivity contribution >= 4 is 83.9 Å². The molecule has 42 heavy (non-hydrogen) atoms. The number of rotatable bonds is 4. The Bertz CT molecular complexity index is 2290. The van der Waals surface area contributed by atoms with E-state index in [1.54, 1.807) is 0 Å². The van der Waals surface area contributed by atoms with Gasteiger partial charge in [0.25, 0.3) is 0 Å². The molecule has 8 aromatic rings. The maximum absolute atomic E-state index is 6.64. The lowest BCUT2D eigenvalue weighted by molar-refractivity contribution is 0.589. The number of furan rings is 2. The number of benzene rings is 6. The molecule has 202 valence electrons. The van der Waals surface area contributed by atoms with E-state index in [-0.39, 0.29) is 0 Å². The zero-order chi connectivity index (χ0) is 28.4. The average molecular weight is 585 g/mol. The van der Waals surface area contributed by atoms with Crippen molar-refractivity contribution in [2.24, 2.45) is 0 Å². The highest BCUT2D eigenvalue weighted by molar-refractivity contribution is 6.36. The van der Waals surface area contributed by atoms with Gasteiger partial charge in [-0.05, 0) is 53.6 Å². The number of nitrogens with zero attached hydrogens (tertiary/aromatic N) is 1. The molecule has 6 aromatic carbocycles. The van der Waals surface area contributed by atoms with Crippen molar-refractivity contribution < 1.29 is 8.83 Å². The Balaban J connectivity index is 1.43. The van der Waals surface area contributed by atoms with E-state index in [0.29, 0.717) is 21.7 Å². The van der Waals surface area contributed by atoms with Crippen LogP contribution in [0.2, 0.25) is 10.0 Å². The molecule has 0 spiro atoms. The van der Waals surface area contributed by atoms with E-state index in [2.05, 4.69) is 89.8 Å². The normalized spacial score (nSPS) is 11.7. The van der Waals surface area contributed by atoms with Crippen molar-refractivity contribution in [2.45, 2.75) is 6.92 Å². The molecular formula is C37H23Cl2NO2. The van der Waals surface area contributed by atoms with Crippen LogP contribution in [0.4, 0.5) is 17.3 Å². The summed E-state index contributed by atoms with van der Waals surface area (Å²) in [6.07, 6.45) is 0. The van der Waals surface area contributed by atoms with Gasteiger partial charge >= 0.3 is 0 Å². The highest BCUT2D eigenvalue weighted by Crippen LogP contribution is 2.47. The molecule has 0 unspecified atom stereocenters. The van der Waals surface area contributed by atoms with Crippen molar-refractivity contribution in [1.29, 1.82) is 0 Å². The van der Waals surface area contributed by atoms with E-state index in [4.69, 9.17) is 32.0 Å². The van der Waals surface area contributed by atoms with Crippen molar-refractivity contribution in [2.75, 3.05) is 4.90 Å². The Morgan fingerprint density at radius 1 is 0.548 bits per heavy atom. The molecule has 0 atom stereocenters. The molecule has 0 N–H and O–H groups in total. The molecule has 0 aliphatic rings. The number of anilines is 3. The van der Waals surface area contributed by atoms with Gasteiger partial charge in [-0.3, -0.25) is 4.90 Å². The summed E-state index contributed by atoms with van der Waals surface area (Å²) in [4.78, 5) is 2.18. The lowest BCUT2D eigenvalue weighted by Gasteiger charge is -2.25. The summed E-state index contributed by atoms with van der Waals surface area (Å²) in [5.41, 5.74) is 5.29. The van der Waals surface area contributed by atoms with E-state index in [0.717, 1.165) is 66.0 Å². The molecule has 0 amide bonds. The molecule has 0 aliphatic heterocycles. The lowest BCUT2D eigenvalue weighted by atomic mass is 10.0. The third-order valence-corrected chi connectivity index (χ3v) is 8.77. The fourth-order valence-electron chi connectivity index (χ4n) is 5.92. The van der Waals surface area contributed by atoms with Crippen molar-refractivity contribution in [1.82, 2.24) is 0 Å². The topological polar surface area (TPSA) is 29.5 Å². The second-order valence-corrected chi connectivity index (χ2v) is 11.3. The van der Waals surface area contributed by atoms with E-state index >= 15 is 0 Å². The zero-order valence-corrected chi connectivity index (χ0v) is 24.1. The van der Waals surface area contributed by atoms with Crippen LogP contribution in [-0.4, -0.2) is 0 Å². The summed E-state index contributed by atoms with van der Waals surface area (Å²) in [5, 5.41) is 7.84. The van der Waals surface area contributed by atoms with Gasteiger partial charge in [-0.2, -0.15) is 0 Å². The number of hydrogen-bond donors (Lipinski definition) is 0. The fraction of sp³-hybridized carbons (Fsp3) is 0.0270. The Labute approximate surface area is 252 Å². The Morgan fingerprint density at radius 3 is 2.02 bits per heavy atom. The van der Waals surface area contributed by atoms with Crippen molar-refractivity contribution in [3.63, 3.8) is 0 Å². The minimum absolute atomic E-state index is 0.600. The SMILES string of the molecule is Cc1c(Cl)cc(-c2ccc(N(c3cccc4ccccc34)c3cc4oc5ccccc5c4c4ccccc34)o2)cc1Cl. The Morgan fingerprint density at radius 2 is 1.21 bits per heavy atom. The van der Waals surface area contributed by atoms with Crippen LogP contribution in [0.15, 0.2) is 130 Å². The molecule has 8 rings (SSSR count). The molecule has 3 nitrogen and oxygen atoms in total. The van der Waals surface area contributed by atoms with Crippen LogP contribution < -0.4 is 4.90 Å². The second-order valence-electron chi connectivity index (χ2n) is 10.4. The van der Waals surface area contributed by atoms with E-state index in [9.17, 15) is 0 Å². The van der Waals surface area contributed by atoms with Crippen molar-refractivity contribution in [3.8, 4) is 11.3 Å². The second kappa shape index (κ2) is 9.70. The van der Waals surface area contributed by atoms with Gasteiger partial charge < -0.3 is 8.83 Å². The molecule has 0 aliphatic carbocycles. The fourth-order valence-corrected chi connectivity index (χ4v) is 6.40. The first kappa shape index (κ1) is 25.0. The van der Waals surface area contributed by atoms with Gasteiger partial charge in [0.05, 0.1) is 11.4 Å². The highest BCUT2D eigenvalue weighted by atomic mass is 35.5. The minimum Gasteiger partial charge on any atom is -0.456 e. The first-order chi connectivity index (χ1) is 20.6. The van der Waals surface area contributed by atoms with Gasteiger partial charge in [-0.1, -0.05) is 102 Å². The molecule has 2 aromatic heterocycles. The van der Waals surface area contributed by atoms with Gasteiger partial charge in [0.2, 0.25) is 5.88 Å². The molecule has 0 saturated carbocycles. The first-order valence-electron chi connectivity index (χ1n) is 13.7. The van der Waals surface area contributed by atoms with Gasteiger partial charge in [0.15, 0.2) is 0 Å². The number of fused-ring (bicyclic) bond motifs is 6. The Hall–Kier alpha value is -4.70. The van der Waals surface area contributed by atoms with Crippen molar-refractivity contribution in [3.05, 3.63) is 137 Å². The standard InChI is InChI=1S/C37H23Cl2NO2/c1-22-29(38)19-24(20-30(22)39)33-17-18-36(42-33)40(31-15-8-10-23-9-2-3-11-25(23)31)32-21-35-37(27-13-5-4-12-26(27)32)28-14-6-7-16-34(28)41-35/h2-21H,1H3. The van der Waals surface area contributed by atoms with Gasteiger partial charge in [0.1, 0.15) is 16.9 Å². The highest BCUT2D eigenvalue weighted by Gasteiger charge is 2.24. The van der Waals surface area contributed by atoms with Crippen LogP contribution in [0.3, 0.4) is 0 Å². The molecular weight excluding hydrogens is 561 g/mol.